The molecule has 2 unspecified atom stereocenters. The number of esters is 1. The lowest BCUT2D eigenvalue weighted by Crippen LogP contribution is -2.61. The Bertz CT molecular complexity index is 3510. The van der Waals surface area contributed by atoms with Gasteiger partial charge in [-0.05, 0) is 108 Å². The first-order valence-electron chi connectivity index (χ1n) is 35.7. The van der Waals surface area contributed by atoms with E-state index in [1.165, 1.54) is 29.9 Å². The van der Waals surface area contributed by atoms with E-state index < -0.39 is 137 Å². The van der Waals surface area contributed by atoms with E-state index in [4.69, 9.17) is 37.1 Å². The summed E-state index contributed by atoms with van der Waals surface area (Å²) in [5, 5.41) is 36.5. The van der Waals surface area contributed by atoms with Crippen LogP contribution >= 0.6 is 0 Å². The number of aromatic amines is 2. The zero-order valence-corrected chi connectivity index (χ0v) is 61.7. The minimum Gasteiger partial charge on any atom is -0.467 e. The third kappa shape index (κ3) is 30.4. The molecule has 106 heavy (non-hydrogen) atoms. The predicted octanol–water partition coefficient (Wildman–Crippen LogP) is 0.269. The van der Waals surface area contributed by atoms with Crippen LogP contribution in [0.25, 0.3) is 0 Å². The van der Waals surface area contributed by atoms with Gasteiger partial charge in [-0.2, -0.15) is 0 Å². The normalized spacial score (nSPS) is 15.5. The van der Waals surface area contributed by atoms with E-state index in [2.05, 4.69) is 77.8 Å². The summed E-state index contributed by atoms with van der Waals surface area (Å²) < 4.78 is 15.7. The number of alkyl carbamates (subject to hydrolysis) is 2. The van der Waals surface area contributed by atoms with Gasteiger partial charge < -0.3 is 105 Å². The van der Waals surface area contributed by atoms with Crippen molar-refractivity contribution in [1.29, 1.82) is 0 Å². The molecule has 1 fully saturated rings. The number of unbranched alkanes of at least 4 members (excludes halogenated alkanes) is 1. The van der Waals surface area contributed by atoms with Gasteiger partial charge in [-0.15, -0.1) is 0 Å². The monoisotopic (exact) mass is 1480 g/mol. The van der Waals surface area contributed by atoms with Crippen molar-refractivity contribution >= 4 is 77.3 Å². The van der Waals surface area contributed by atoms with Crippen molar-refractivity contribution in [2.24, 2.45) is 44.8 Å². The molecule has 4 aromatic rings. The van der Waals surface area contributed by atoms with E-state index >= 15 is 0 Å². The second kappa shape index (κ2) is 44.1. The number of aliphatic hydroxyl groups is 1. The number of aliphatic imine (C=N–C) groups is 2. The summed E-state index contributed by atoms with van der Waals surface area (Å²) in [6.45, 7) is 12.5. The number of imidazole rings is 2. The number of ether oxygens (including phenoxy) is 3. The van der Waals surface area contributed by atoms with E-state index in [0.29, 0.717) is 48.2 Å². The number of guanidine groups is 2. The zero-order chi connectivity index (χ0) is 77.9. The molecular formula is C71H108N20O15. The summed E-state index contributed by atoms with van der Waals surface area (Å²) in [5.74, 6) is -8.64. The molecule has 1 saturated heterocycles. The lowest BCUT2D eigenvalue weighted by atomic mass is 9.95. The van der Waals surface area contributed by atoms with Crippen molar-refractivity contribution in [2.75, 3.05) is 33.3 Å². The highest BCUT2D eigenvalue weighted by Crippen LogP contribution is 2.22. The molecule has 5 rings (SSSR count). The van der Waals surface area contributed by atoms with Crippen LogP contribution in [0.1, 0.15) is 142 Å². The number of nitrogens with two attached hydrogens (primary N) is 4. The Balaban J connectivity index is 1.36. The number of carbonyl (C=O) groups is 11. The number of amides is 10. The Morgan fingerprint density at radius 2 is 1.13 bits per heavy atom. The molecule has 2 aromatic carbocycles. The molecule has 11 atom stereocenters. The number of rotatable bonds is 43. The smallest absolute Gasteiger partial charge is 0.408 e. The lowest BCUT2D eigenvalue weighted by Gasteiger charge is -2.31. The fourth-order valence-corrected chi connectivity index (χ4v) is 11.5. The number of nitrogens with one attached hydrogen (secondary N) is 11. The van der Waals surface area contributed by atoms with Crippen LogP contribution < -0.4 is 70.8 Å². The quantitative estimate of drug-likeness (QED) is 0.00930. The average Bonchev–Trinajstić information content (AvgIpc) is 1.63. The molecule has 582 valence electrons. The van der Waals surface area contributed by atoms with Crippen molar-refractivity contribution in [2.45, 2.75) is 211 Å². The number of H-pyrrole nitrogens is 2. The number of nitrogens with zero attached hydrogens (tertiary/aromatic N) is 5. The topological polar surface area (TPSA) is 533 Å². The van der Waals surface area contributed by atoms with Crippen molar-refractivity contribution in [3.63, 3.8) is 0 Å². The molecule has 35 heteroatoms. The minimum atomic E-state index is -2.03. The summed E-state index contributed by atoms with van der Waals surface area (Å²) in [6, 6.07) is 5.57. The third-order valence-electron chi connectivity index (χ3n) is 17.2. The Labute approximate surface area is 617 Å². The highest BCUT2D eigenvalue weighted by Gasteiger charge is 2.42. The van der Waals surface area contributed by atoms with Gasteiger partial charge >= 0.3 is 18.2 Å². The molecule has 0 aliphatic carbocycles. The molecular weight excluding hydrogens is 1370 g/mol. The third-order valence-corrected chi connectivity index (χ3v) is 17.2. The number of carbonyl (C=O) groups excluding carboxylic acids is 11. The number of hydrogen-bond donors (Lipinski definition) is 16. The van der Waals surface area contributed by atoms with Crippen molar-refractivity contribution < 1.29 is 72.1 Å². The average molecular weight is 1480 g/mol. The predicted molar refractivity (Wildman–Crippen MR) is 391 cm³/mol. The first-order chi connectivity index (χ1) is 50.4. The number of benzene rings is 2. The molecule has 1 aliphatic heterocycles. The summed E-state index contributed by atoms with van der Waals surface area (Å²) in [5.41, 5.74) is 23.6. The molecule has 0 spiro atoms. The lowest BCUT2D eigenvalue weighted by molar-refractivity contribution is -0.145. The standard InChI is InChI=1S/C71H108N20O15/c1-9-43(4)56(63(98)88-54(36-47-38-77-41-82-47)60(95)84-50(66(101)104-8)25-16-17-29-80-69(102)106-71(5,6)7)90-64(99)57(92)51(33-42(2)3)85-61(96)53(35-46-37-76-40-81-46)86-59(94)52(34-44-21-12-10-13-22-44)87-62(97)55-28-20-32-91(55)65(100)49(27-19-31-79-68(74)75)83-58(93)48(26-18-30-78-67(72)73)89-70(103)105-39-45-23-14-11-15-24-45/h10-15,21-24,37-38,40-43,48-57,92H,9,16-20,25-36,39H2,1-8H3,(H,76,81)(H,77,82)(H,80,102)(H,83,93)(H,84,95)(H,85,96)(H,86,94)(H,87,97)(H,88,98)(H,89,103)(H,90,99)(H4,72,73,78)(H4,74,75,79)/t43-,48-,49-,50-,51?,52-,53-,54-,55-,56-,57?/m0/s1. The zero-order valence-electron chi connectivity index (χ0n) is 61.7. The van der Waals surface area contributed by atoms with Gasteiger partial charge in [0, 0.05) is 57.8 Å². The summed E-state index contributed by atoms with van der Waals surface area (Å²) >= 11 is 0. The number of aromatic nitrogens is 4. The van der Waals surface area contributed by atoms with Gasteiger partial charge in [-0.1, -0.05) is 94.8 Å². The molecule has 0 bridgehead atoms. The maximum absolute atomic E-state index is 15.0. The van der Waals surface area contributed by atoms with E-state index in [9.17, 15) is 57.8 Å². The van der Waals surface area contributed by atoms with Gasteiger partial charge in [-0.25, -0.2) is 24.4 Å². The highest BCUT2D eigenvalue weighted by molar-refractivity contribution is 5.98. The van der Waals surface area contributed by atoms with Crippen molar-refractivity contribution in [3.05, 3.63) is 108 Å². The van der Waals surface area contributed by atoms with Crippen LogP contribution in [-0.2, 0) is 83.2 Å². The Kier molecular flexibility index (Phi) is 35.6. The van der Waals surface area contributed by atoms with E-state index in [0.717, 1.165) is 7.11 Å². The van der Waals surface area contributed by atoms with Crippen LogP contribution in [-0.4, -0.2) is 207 Å². The number of hydrogen-bond acceptors (Lipinski definition) is 19. The second-order valence-electron chi connectivity index (χ2n) is 27.4. The van der Waals surface area contributed by atoms with E-state index in [1.54, 1.807) is 109 Å². The van der Waals surface area contributed by atoms with Gasteiger partial charge in [0.2, 0.25) is 41.4 Å². The Morgan fingerprint density at radius 3 is 1.67 bits per heavy atom. The molecule has 20 N–H and O–H groups in total. The molecule has 0 radical (unpaired) electrons. The second-order valence-corrected chi connectivity index (χ2v) is 27.4. The fourth-order valence-electron chi connectivity index (χ4n) is 11.5. The SMILES string of the molecule is CC[C@H](C)[C@H](NC(=O)C(O)C(CC(C)C)NC(=O)[C@H](Cc1c[nH]cn1)NC(=O)[C@H](Cc1ccccc1)NC(=O)[C@@H]1CCCN1C(=O)[C@H](CCCN=C(N)N)NC(=O)[C@H](CCCN=C(N)N)NC(=O)OCc1ccccc1)C(=O)N[C@@H](Cc1c[nH]cn1)C(=O)N[C@@H](CCCCNC(=O)OC(C)(C)C)C(=O)OC. The van der Waals surface area contributed by atoms with E-state index in [1.807, 2.05) is 0 Å². The Hall–Kier alpha value is -10.9. The first-order valence-corrected chi connectivity index (χ1v) is 35.7. The van der Waals surface area contributed by atoms with Crippen LogP contribution in [0.2, 0.25) is 0 Å². The fraction of sp³-hybridized carbons (Fsp3) is 0.563. The summed E-state index contributed by atoms with van der Waals surface area (Å²) in [7, 11) is 1.16. The van der Waals surface area contributed by atoms with Crippen LogP contribution in [0.15, 0.2) is 95.7 Å². The highest BCUT2D eigenvalue weighted by atomic mass is 16.6. The molecule has 3 heterocycles. The number of aliphatic hydroxyl groups excluding tert-OH is 1. The first kappa shape index (κ1) is 85.8. The Morgan fingerprint density at radius 1 is 0.613 bits per heavy atom. The summed E-state index contributed by atoms with van der Waals surface area (Å²) in [6.07, 6.45) is 3.64. The van der Waals surface area contributed by atoms with Crippen LogP contribution in [0.4, 0.5) is 9.59 Å². The minimum absolute atomic E-state index is 0.00874. The number of likely N-dealkylation sites (tertiary alicyclic amines) is 1. The van der Waals surface area contributed by atoms with Crippen LogP contribution in [0.3, 0.4) is 0 Å². The van der Waals surface area contributed by atoms with Gasteiger partial charge in [-0.3, -0.25) is 48.3 Å². The van der Waals surface area contributed by atoms with E-state index in [-0.39, 0.29) is 115 Å². The molecule has 35 nitrogen and oxygen atoms in total. The van der Waals surface area contributed by atoms with Gasteiger partial charge in [0.1, 0.15) is 60.5 Å². The molecule has 1 aliphatic rings. The maximum atomic E-state index is 15.0. The summed E-state index contributed by atoms with van der Waals surface area (Å²) in [4.78, 5) is 179. The van der Waals surface area contributed by atoms with Gasteiger partial charge in [0.25, 0.3) is 5.91 Å². The molecule has 2 aromatic heterocycles. The van der Waals surface area contributed by atoms with Crippen LogP contribution in [0.5, 0.6) is 0 Å². The number of methoxy groups -OCH3 is 1. The van der Waals surface area contributed by atoms with Crippen molar-refractivity contribution in [3.8, 4) is 0 Å². The largest absolute Gasteiger partial charge is 0.467 e. The molecule has 0 saturated carbocycles. The van der Waals surface area contributed by atoms with Crippen molar-refractivity contribution in [1.82, 2.24) is 72.7 Å². The molecule has 10 amide bonds. The van der Waals surface area contributed by atoms with Gasteiger partial charge in [0.15, 0.2) is 18.0 Å². The maximum Gasteiger partial charge on any atom is 0.408 e. The van der Waals surface area contributed by atoms with Crippen LogP contribution in [0, 0.1) is 11.8 Å². The van der Waals surface area contributed by atoms with Gasteiger partial charge in [0.05, 0.1) is 37.2 Å².